The van der Waals surface area contributed by atoms with Crippen molar-refractivity contribution in [3.05, 3.63) is 99.2 Å². The van der Waals surface area contributed by atoms with Gasteiger partial charge in [-0.25, -0.2) is 4.90 Å². The molecule has 4 rings (SSSR count). The van der Waals surface area contributed by atoms with Crippen molar-refractivity contribution in [1.29, 1.82) is 0 Å². The number of carbonyl (C=O) groups excluding carboxylic acids is 2. The van der Waals surface area contributed by atoms with Crippen LogP contribution in [0.3, 0.4) is 0 Å². The number of rotatable bonds is 4. The molecule has 3 aromatic rings. The molecule has 150 valence electrons. The molecule has 6 heteroatoms. The fraction of sp³-hybridized carbons (Fsp3) is 0.0833. The summed E-state index contributed by atoms with van der Waals surface area (Å²) in [4.78, 5) is 28.0. The van der Waals surface area contributed by atoms with Gasteiger partial charge in [0.05, 0.1) is 11.3 Å². The van der Waals surface area contributed by atoms with Gasteiger partial charge in [-0.1, -0.05) is 59.6 Å². The van der Waals surface area contributed by atoms with E-state index in [4.69, 9.17) is 23.2 Å². The number of carbonyl (C=O) groups is 2. The summed E-state index contributed by atoms with van der Waals surface area (Å²) in [6.45, 7) is 3.71. The van der Waals surface area contributed by atoms with Crippen LogP contribution in [-0.2, 0) is 9.59 Å². The molecule has 3 aromatic carbocycles. The van der Waals surface area contributed by atoms with Crippen LogP contribution in [-0.4, -0.2) is 11.8 Å². The highest BCUT2D eigenvalue weighted by Gasteiger charge is 2.40. The molecule has 30 heavy (non-hydrogen) atoms. The Labute approximate surface area is 184 Å². The zero-order valence-electron chi connectivity index (χ0n) is 16.4. The molecule has 0 fully saturated rings. The number of nitrogens with zero attached hydrogens (tertiary/aromatic N) is 1. The maximum absolute atomic E-state index is 13.4. The summed E-state index contributed by atoms with van der Waals surface area (Å²) in [5.41, 5.74) is 3.96. The van der Waals surface area contributed by atoms with Crippen LogP contribution < -0.4 is 10.2 Å². The number of benzene rings is 3. The van der Waals surface area contributed by atoms with Crippen LogP contribution in [0.2, 0.25) is 10.0 Å². The number of nitrogens with one attached hydrogen (secondary N) is 1. The largest absolute Gasteiger partial charge is 0.350 e. The van der Waals surface area contributed by atoms with E-state index >= 15 is 0 Å². The monoisotopic (exact) mass is 436 g/mol. The van der Waals surface area contributed by atoms with E-state index in [2.05, 4.69) is 5.32 Å². The Morgan fingerprint density at radius 2 is 1.53 bits per heavy atom. The number of hydrogen-bond acceptors (Lipinski definition) is 3. The average Bonchev–Trinajstić information content (AvgIpc) is 2.95. The van der Waals surface area contributed by atoms with E-state index in [0.717, 1.165) is 11.1 Å². The van der Waals surface area contributed by atoms with E-state index in [1.54, 1.807) is 24.3 Å². The van der Waals surface area contributed by atoms with Crippen molar-refractivity contribution in [2.75, 3.05) is 10.2 Å². The van der Waals surface area contributed by atoms with Crippen LogP contribution in [0.25, 0.3) is 5.57 Å². The standard InChI is InChI=1S/C24H18Cl2N2O2/c1-14-8-10-18(13-19(14)26)27-22-21(16-6-4-3-5-7-16)23(29)28(24(22)30)20-11-9-17(25)12-15(20)2/h3-13,27H,1-2H3. The Balaban J connectivity index is 1.83. The number of imide groups is 1. The van der Waals surface area contributed by atoms with Crippen LogP contribution in [0.15, 0.2) is 72.4 Å². The second-order valence-electron chi connectivity index (χ2n) is 7.08. The van der Waals surface area contributed by atoms with Gasteiger partial charge in [-0.15, -0.1) is 0 Å². The van der Waals surface area contributed by atoms with Gasteiger partial charge in [0.15, 0.2) is 0 Å². The SMILES string of the molecule is Cc1ccc(NC2=C(c3ccccc3)C(=O)N(c3ccc(Cl)cc3C)C2=O)cc1Cl. The summed E-state index contributed by atoms with van der Waals surface area (Å²) in [5.74, 6) is -0.821. The second-order valence-corrected chi connectivity index (χ2v) is 7.93. The molecule has 0 aliphatic carbocycles. The third-order valence-electron chi connectivity index (χ3n) is 4.99. The molecule has 2 amide bonds. The van der Waals surface area contributed by atoms with Crippen molar-refractivity contribution in [1.82, 2.24) is 0 Å². The van der Waals surface area contributed by atoms with Crippen molar-refractivity contribution in [2.24, 2.45) is 0 Å². The summed E-state index contributed by atoms with van der Waals surface area (Å²) in [5, 5.41) is 4.24. The minimum atomic E-state index is -0.430. The molecule has 1 aliphatic heterocycles. The van der Waals surface area contributed by atoms with Gasteiger partial charge in [-0.3, -0.25) is 9.59 Å². The van der Waals surface area contributed by atoms with E-state index in [1.807, 2.05) is 56.3 Å². The van der Waals surface area contributed by atoms with Gasteiger partial charge < -0.3 is 5.32 Å². The molecule has 1 heterocycles. The van der Waals surface area contributed by atoms with E-state index in [-0.39, 0.29) is 5.70 Å². The molecule has 0 radical (unpaired) electrons. The van der Waals surface area contributed by atoms with Crippen LogP contribution >= 0.6 is 23.2 Å². The molecular weight excluding hydrogens is 419 g/mol. The summed E-state index contributed by atoms with van der Waals surface area (Å²) in [7, 11) is 0. The van der Waals surface area contributed by atoms with Crippen molar-refractivity contribution in [2.45, 2.75) is 13.8 Å². The van der Waals surface area contributed by atoms with Gasteiger partial charge in [-0.05, 0) is 60.9 Å². The number of anilines is 2. The minimum Gasteiger partial charge on any atom is -0.350 e. The van der Waals surface area contributed by atoms with Gasteiger partial charge in [0, 0.05) is 15.7 Å². The van der Waals surface area contributed by atoms with Gasteiger partial charge in [0.25, 0.3) is 11.8 Å². The highest BCUT2D eigenvalue weighted by Crippen LogP contribution is 2.36. The van der Waals surface area contributed by atoms with Gasteiger partial charge in [0.1, 0.15) is 5.70 Å². The molecule has 0 unspecified atom stereocenters. The lowest BCUT2D eigenvalue weighted by atomic mass is 10.0. The smallest absolute Gasteiger partial charge is 0.282 e. The maximum Gasteiger partial charge on any atom is 0.282 e. The lowest BCUT2D eigenvalue weighted by Gasteiger charge is -2.18. The van der Waals surface area contributed by atoms with Gasteiger partial charge in [0.2, 0.25) is 0 Å². The molecule has 0 saturated carbocycles. The van der Waals surface area contributed by atoms with Crippen molar-refractivity contribution in [3.63, 3.8) is 0 Å². The van der Waals surface area contributed by atoms with E-state index in [1.165, 1.54) is 4.90 Å². The number of hydrogen-bond donors (Lipinski definition) is 1. The highest BCUT2D eigenvalue weighted by molar-refractivity contribution is 6.46. The highest BCUT2D eigenvalue weighted by atomic mass is 35.5. The molecular formula is C24H18Cl2N2O2. The zero-order chi connectivity index (χ0) is 21.4. The number of halogens is 2. The van der Waals surface area contributed by atoms with Crippen molar-refractivity contribution < 1.29 is 9.59 Å². The normalized spacial score (nSPS) is 13.9. The molecule has 0 bridgehead atoms. The van der Waals surface area contributed by atoms with Gasteiger partial charge in [-0.2, -0.15) is 0 Å². The van der Waals surface area contributed by atoms with Crippen molar-refractivity contribution >= 4 is 52.0 Å². The fourth-order valence-corrected chi connectivity index (χ4v) is 3.83. The first-order chi connectivity index (χ1) is 14.4. The van der Waals surface area contributed by atoms with Crippen LogP contribution in [0.1, 0.15) is 16.7 Å². The van der Waals surface area contributed by atoms with Gasteiger partial charge >= 0.3 is 0 Å². The lowest BCUT2D eigenvalue weighted by Crippen LogP contribution is -2.33. The molecule has 4 nitrogen and oxygen atoms in total. The molecule has 1 N–H and O–H groups in total. The third-order valence-corrected chi connectivity index (χ3v) is 5.63. The Hall–Kier alpha value is -3.08. The average molecular weight is 437 g/mol. The van der Waals surface area contributed by atoms with Crippen LogP contribution in [0, 0.1) is 13.8 Å². The summed E-state index contributed by atoms with van der Waals surface area (Å²) < 4.78 is 0. The Bertz CT molecular complexity index is 1200. The molecule has 0 aromatic heterocycles. The Morgan fingerprint density at radius 3 is 2.20 bits per heavy atom. The Kier molecular flexibility index (Phi) is 5.37. The molecule has 0 saturated heterocycles. The second kappa shape index (κ2) is 7.98. The predicted octanol–water partition coefficient (Wildman–Crippen LogP) is 6.01. The van der Waals surface area contributed by atoms with Crippen LogP contribution in [0.5, 0.6) is 0 Å². The van der Waals surface area contributed by atoms with Crippen LogP contribution in [0.4, 0.5) is 11.4 Å². The fourth-order valence-electron chi connectivity index (χ4n) is 3.42. The van der Waals surface area contributed by atoms with E-state index in [0.29, 0.717) is 32.6 Å². The summed E-state index contributed by atoms with van der Waals surface area (Å²) >= 11 is 12.3. The molecule has 0 atom stereocenters. The number of amides is 2. The molecule has 0 spiro atoms. The molecule has 1 aliphatic rings. The maximum atomic E-state index is 13.4. The number of aryl methyl sites for hydroxylation is 2. The third kappa shape index (κ3) is 3.60. The van der Waals surface area contributed by atoms with E-state index < -0.39 is 11.8 Å². The Morgan fingerprint density at radius 1 is 0.800 bits per heavy atom. The first-order valence-electron chi connectivity index (χ1n) is 9.34. The minimum absolute atomic E-state index is 0.209. The van der Waals surface area contributed by atoms with Crippen molar-refractivity contribution in [3.8, 4) is 0 Å². The van der Waals surface area contributed by atoms with E-state index in [9.17, 15) is 9.59 Å². The topological polar surface area (TPSA) is 49.4 Å². The lowest BCUT2D eigenvalue weighted by molar-refractivity contribution is -0.120. The quantitative estimate of drug-likeness (QED) is 0.509. The predicted molar refractivity (Wildman–Crippen MR) is 122 cm³/mol. The summed E-state index contributed by atoms with van der Waals surface area (Å²) in [6, 6.07) is 19.6. The zero-order valence-corrected chi connectivity index (χ0v) is 17.9. The summed E-state index contributed by atoms with van der Waals surface area (Å²) in [6.07, 6.45) is 0. The first kappa shape index (κ1) is 20.2. The first-order valence-corrected chi connectivity index (χ1v) is 10.1.